The first-order valence-corrected chi connectivity index (χ1v) is 1.97. The van der Waals surface area contributed by atoms with Crippen LogP contribution in [0.5, 0.6) is 0 Å². The van der Waals surface area contributed by atoms with Crippen LogP contribution in [0, 0.1) is 11.3 Å². The summed E-state index contributed by atoms with van der Waals surface area (Å²) in [5, 5.41) is 8.02. The lowest BCUT2D eigenvalue weighted by Gasteiger charge is -1.44. The summed E-state index contributed by atoms with van der Waals surface area (Å²) >= 11 is 2.89. The van der Waals surface area contributed by atoms with Crippen molar-refractivity contribution < 1.29 is 0 Å². The summed E-state index contributed by atoms with van der Waals surface area (Å²) in [4.78, 5) is 0. The van der Waals surface area contributed by atoms with Gasteiger partial charge in [0.2, 0.25) is 0 Å². The van der Waals surface area contributed by atoms with Gasteiger partial charge >= 0.3 is 0 Å². The molecule has 0 aromatic carbocycles. The third-order valence-electron chi connectivity index (χ3n) is 0.0598. The first-order chi connectivity index (χ1) is 1.91. The van der Waals surface area contributed by atoms with E-state index in [9.17, 15) is 0 Å². The fourth-order valence-electron chi connectivity index (χ4n) is 0. The lowest BCUT2D eigenvalue weighted by atomic mass is 10.9. The molecule has 0 aromatic heterocycles. The largest absolute Gasteiger partial charge is 0.344 e. The predicted octanol–water partition coefficient (Wildman–Crippen LogP) is 2.69. The number of hydrogen-bond donors (Lipinski definition) is 11. The molecule has 13 heteroatoms. The molecule has 0 amide bonds. The van der Waals surface area contributed by atoms with Crippen LogP contribution in [0.2, 0.25) is 0 Å². The topological polar surface area (TPSA) is 409 Å². The zero-order valence-electron chi connectivity index (χ0n) is 9.81. The standard InChI is InChI=1S/C2H2BrN.11H3N/c3-1-2-4;;;;;;;;;;;/h1H2;11*1H3. The summed E-state index contributed by atoms with van der Waals surface area (Å²) in [5.41, 5.74) is 0. The van der Waals surface area contributed by atoms with Crippen LogP contribution in [0.1, 0.15) is 0 Å². The third-order valence-corrected chi connectivity index (χ3v) is 0.311. The van der Waals surface area contributed by atoms with Crippen LogP contribution in [0.4, 0.5) is 0 Å². The van der Waals surface area contributed by atoms with Crippen molar-refractivity contribution in [2.45, 2.75) is 0 Å². The maximum absolute atomic E-state index is 7.58. The Morgan fingerprint density at radius 2 is 0.667 bits per heavy atom. The molecule has 0 saturated heterocycles. The minimum Gasteiger partial charge on any atom is -0.344 e. The molecule has 0 aromatic rings. The zero-order valence-corrected chi connectivity index (χ0v) is 11.4. The van der Waals surface area contributed by atoms with Gasteiger partial charge in [0.25, 0.3) is 0 Å². The molecule has 0 aliphatic carbocycles. The van der Waals surface area contributed by atoms with Crippen molar-refractivity contribution in [3.63, 3.8) is 0 Å². The van der Waals surface area contributed by atoms with Gasteiger partial charge in [-0.15, -0.1) is 0 Å². The highest BCUT2D eigenvalue weighted by atomic mass is 79.9. The number of nitrogens with zero attached hydrogens (tertiary/aromatic N) is 1. The van der Waals surface area contributed by atoms with Crippen LogP contribution < -0.4 is 67.7 Å². The Bertz CT molecular complexity index is 43.4. The summed E-state index contributed by atoms with van der Waals surface area (Å²) in [5.74, 6) is 0. The molecule has 0 rings (SSSR count). The van der Waals surface area contributed by atoms with Gasteiger partial charge in [-0.3, -0.25) is 0 Å². The SMILES string of the molecule is N.N.N.N.N.N.N.N.N.N.N.N#CCBr. The van der Waals surface area contributed by atoms with Crippen LogP contribution in [0.3, 0.4) is 0 Å². The summed E-state index contributed by atoms with van der Waals surface area (Å²) in [6.07, 6.45) is 0. The average molecular weight is 307 g/mol. The monoisotopic (exact) mass is 306 g/mol. The molecule has 0 bridgehead atoms. The lowest BCUT2D eigenvalue weighted by Crippen LogP contribution is -1.45. The summed E-state index contributed by atoms with van der Waals surface area (Å²) in [6, 6.07) is 1.85. The second-order valence-electron chi connectivity index (χ2n) is 0.292. The van der Waals surface area contributed by atoms with E-state index >= 15 is 0 Å². The van der Waals surface area contributed by atoms with Gasteiger partial charge in [-0.2, -0.15) is 5.26 Å². The van der Waals surface area contributed by atoms with Gasteiger partial charge in [-0.25, -0.2) is 0 Å². The maximum atomic E-state index is 7.58. The quantitative estimate of drug-likeness (QED) is 0.287. The average Bonchev–Trinajstić information content (AvgIpc) is 1.37. The van der Waals surface area contributed by atoms with Crippen molar-refractivity contribution in [1.82, 2.24) is 67.7 Å². The Balaban J connectivity index is -0.000000000818. The summed E-state index contributed by atoms with van der Waals surface area (Å²) < 4.78 is 0. The number of alkyl halides is 1. The summed E-state index contributed by atoms with van der Waals surface area (Å²) in [7, 11) is 0. The van der Waals surface area contributed by atoms with E-state index in [1.165, 1.54) is 0 Å². The second-order valence-corrected chi connectivity index (χ2v) is 0.852. The minimum absolute atomic E-state index is 0. The molecule has 15 heavy (non-hydrogen) atoms. The Morgan fingerprint density at radius 3 is 0.667 bits per heavy atom. The van der Waals surface area contributed by atoms with Gasteiger partial charge in [0.05, 0.1) is 11.4 Å². The zero-order chi connectivity index (χ0) is 3.41. The highest BCUT2D eigenvalue weighted by Gasteiger charge is 1.52. The minimum atomic E-state index is 0. The van der Waals surface area contributed by atoms with E-state index in [1.807, 2.05) is 6.07 Å². The molecular weight excluding hydrogens is 272 g/mol. The first-order valence-electron chi connectivity index (χ1n) is 0.844. The molecule has 0 spiro atoms. The molecule has 110 valence electrons. The molecule has 0 radical (unpaired) electrons. The first kappa shape index (κ1) is 416. The Kier molecular flexibility index (Phi) is 25100. The van der Waals surface area contributed by atoms with Crippen molar-refractivity contribution in [3.8, 4) is 6.07 Å². The van der Waals surface area contributed by atoms with Crippen molar-refractivity contribution in [3.05, 3.63) is 0 Å². The van der Waals surface area contributed by atoms with E-state index in [2.05, 4.69) is 15.9 Å². The Labute approximate surface area is 101 Å². The van der Waals surface area contributed by atoms with E-state index < -0.39 is 0 Å². The van der Waals surface area contributed by atoms with Crippen LogP contribution in [0.25, 0.3) is 0 Å². The molecule has 0 aliphatic rings. The molecule has 0 fully saturated rings. The van der Waals surface area contributed by atoms with Gasteiger partial charge in [-0.05, 0) is 0 Å². The van der Waals surface area contributed by atoms with E-state index in [1.54, 1.807) is 0 Å². The van der Waals surface area contributed by atoms with E-state index in [0.29, 0.717) is 5.33 Å². The van der Waals surface area contributed by atoms with Gasteiger partial charge in [-0.1, -0.05) is 15.9 Å². The fraction of sp³-hybridized carbons (Fsp3) is 0.500. The molecule has 0 unspecified atom stereocenters. The van der Waals surface area contributed by atoms with Crippen molar-refractivity contribution in [2.75, 3.05) is 5.33 Å². The molecule has 0 heterocycles. The summed E-state index contributed by atoms with van der Waals surface area (Å²) in [6.45, 7) is 0. The van der Waals surface area contributed by atoms with E-state index in [4.69, 9.17) is 5.26 Å². The van der Waals surface area contributed by atoms with Crippen LogP contribution in [-0.2, 0) is 0 Å². The van der Waals surface area contributed by atoms with Gasteiger partial charge in [0.15, 0.2) is 0 Å². The van der Waals surface area contributed by atoms with Crippen molar-refractivity contribution in [1.29, 1.82) is 5.26 Å². The molecule has 0 atom stereocenters. The second kappa shape index (κ2) is 907. The van der Waals surface area contributed by atoms with Gasteiger partial charge in [0.1, 0.15) is 0 Å². The Hall–Kier alpha value is -0.470. The number of hydrogen-bond acceptors (Lipinski definition) is 12. The smallest absolute Gasteiger partial charge is 0.0905 e. The van der Waals surface area contributed by atoms with Crippen molar-refractivity contribution >= 4 is 15.9 Å². The lowest BCUT2D eigenvalue weighted by molar-refractivity contribution is 1.50. The normalized spacial score (nSPS) is 1.33. The molecule has 33 N–H and O–H groups in total. The van der Waals surface area contributed by atoms with E-state index in [-0.39, 0.29) is 67.7 Å². The van der Waals surface area contributed by atoms with Gasteiger partial charge < -0.3 is 67.7 Å². The van der Waals surface area contributed by atoms with Crippen LogP contribution in [0.15, 0.2) is 0 Å². The predicted molar refractivity (Wildman–Crippen MR) is 74.7 cm³/mol. The number of halogens is 1. The third kappa shape index (κ3) is 6400. The molecular formula is C2H35BrN12. The van der Waals surface area contributed by atoms with Crippen LogP contribution in [-0.4, -0.2) is 5.33 Å². The van der Waals surface area contributed by atoms with E-state index in [0.717, 1.165) is 0 Å². The molecule has 12 nitrogen and oxygen atoms in total. The molecule has 0 aliphatic heterocycles. The van der Waals surface area contributed by atoms with Crippen LogP contribution >= 0.6 is 15.9 Å². The number of nitriles is 1. The fourth-order valence-corrected chi connectivity index (χ4v) is 0. The highest BCUT2D eigenvalue weighted by molar-refractivity contribution is 9.09. The van der Waals surface area contributed by atoms with Gasteiger partial charge in [0, 0.05) is 0 Å². The maximum Gasteiger partial charge on any atom is 0.0905 e. The van der Waals surface area contributed by atoms with Crippen molar-refractivity contribution in [2.24, 2.45) is 0 Å². The Morgan fingerprint density at radius 1 is 0.600 bits per heavy atom. The highest BCUT2D eigenvalue weighted by Crippen LogP contribution is 1.68. The molecule has 0 saturated carbocycles. The number of rotatable bonds is 0.